The zero-order valence-corrected chi connectivity index (χ0v) is 23.9. The third kappa shape index (κ3) is 6.13. The molecule has 0 amide bonds. The van der Waals surface area contributed by atoms with Crippen molar-refractivity contribution in [2.45, 2.75) is 51.2 Å². The standard InChI is InChI=1S/C33H37F2N3O4/c1-21-15-24(22-7-11-37(12-8-22)27-19-41-20-27)5-6-25(21)18-42-32-28(16-26(34)17-29(32)35)30-3-2-4-31(36-30)38-13-9-23(10-14-38)33(39)40/h2-6,15-17,22-23,27H,7-14,18-20H2,1H3,(H,39,40)/p-1. The maximum atomic E-state index is 15.1. The fraction of sp³-hybridized carbons (Fsp3) is 0.455. The van der Waals surface area contributed by atoms with Gasteiger partial charge in [0, 0.05) is 36.6 Å². The highest BCUT2D eigenvalue weighted by Gasteiger charge is 2.30. The highest BCUT2D eigenvalue weighted by Crippen LogP contribution is 2.36. The molecule has 3 fully saturated rings. The Labute approximate surface area is 245 Å². The molecule has 0 saturated carbocycles. The molecule has 7 nitrogen and oxygen atoms in total. The van der Waals surface area contributed by atoms with Crippen LogP contribution < -0.4 is 14.7 Å². The number of likely N-dealkylation sites (tertiary alicyclic amines) is 1. The molecule has 2 aromatic carbocycles. The molecular weight excluding hydrogens is 540 g/mol. The predicted molar refractivity (Wildman–Crippen MR) is 153 cm³/mol. The molecule has 3 saturated heterocycles. The van der Waals surface area contributed by atoms with Gasteiger partial charge in [-0.15, -0.1) is 0 Å². The lowest BCUT2D eigenvalue weighted by molar-refractivity contribution is -0.312. The van der Waals surface area contributed by atoms with E-state index in [2.05, 4.69) is 22.0 Å². The van der Waals surface area contributed by atoms with E-state index in [9.17, 15) is 14.3 Å². The molecule has 0 atom stereocenters. The molecule has 0 unspecified atom stereocenters. The van der Waals surface area contributed by atoms with Crippen LogP contribution in [0.25, 0.3) is 11.3 Å². The summed E-state index contributed by atoms with van der Waals surface area (Å²) < 4.78 is 40.9. The summed E-state index contributed by atoms with van der Waals surface area (Å²) in [6.07, 6.45) is 3.17. The molecule has 9 heteroatoms. The minimum absolute atomic E-state index is 0.0486. The molecule has 1 aromatic heterocycles. The van der Waals surface area contributed by atoms with Crippen molar-refractivity contribution in [1.82, 2.24) is 9.88 Å². The SMILES string of the molecule is Cc1cc(C2CCN(C3COC3)CC2)ccc1COc1c(F)cc(F)cc1-c1cccc(N2CCC(C(=O)[O-])CC2)n1. The van der Waals surface area contributed by atoms with Crippen molar-refractivity contribution < 1.29 is 28.2 Å². The Morgan fingerprint density at radius 2 is 1.79 bits per heavy atom. The van der Waals surface area contributed by atoms with Crippen molar-refractivity contribution in [3.05, 3.63) is 76.9 Å². The quantitative estimate of drug-likeness (QED) is 0.392. The Bertz CT molecular complexity index is 1430. The van der Waals surface area contributed by atoms with Gasteiger partial charge in [0.25, 0.3) is 0 Å². The van der Waals surface area contributed by atoms with Gasteiger partial charge in [-0.3, -0.25) is 4.90 Å². The average molecular weight is 577 g/mol. The van der Waals surface area contributed by atoms with Crippen LogP contribution in [-0.4, -0.2) is 61.3 Å². The molecule has 0 aliphatic carbocycles. The summed E-state index contributed by atoms with van der Waals surface area (Å²) >= 11 is 0. The smallest absolute Gasteiger partial charge is 0.168 e. The van der Waals surface area contributed by atoms with Crippen LogP contribution in [0.2, 0.25) is 0 Å². The summed E-state index contributed by atoms with van der Waals surface area (Å²) in [6.45, 7) is 7.08. The van der Waals surface area contributed by atoms with Crippen LogP contribution in [-0.2, 0) is 16.1 Å². The Balaban J connectivity index is 1.15. The number of carbonyl (C=O) groups is 1. The number of carboxylic acids is 1. The number of carboxylic acid groups (broad SMARTS) is 1. The normalized spacial score (nSPS) is 19.1. The lowest BCUT2D eigenvalue weighted by Crippen LogP contribution is -2.51. The molecule has 0 spiro atoms. The maximum absolute atomic E-state index is 15.1. The Morgan fingerprint density at radius 3 is 2.45 bits per heavy atom. The largest absolute Gasteiger partial charge is 0.550 e. The van der Waals surface area contributed by atoms with E-state index in [1.54, 1.807) is 12.1 Å². The van der Waals surface area contributed by atoms with Gasteiger partial charge >= 0.3 is 0 Å². The second kappa shape index (κ2) is 12.4. The Hall–Kier alpha value is -3.56. The van der Waals surface area contributed by atoms with Gasteiger partial charge in [-0.2, -0.15) is 0 Å². The van der Waals surface area contributed by atoms with Crippen molar-refractivity contribution in [1.29, 1.82) is 0 Å². The number of anilines is 1. The first-order valence-electron chi connectivity index (χ1n) is 14.8. The van der Waals surface area contributed by atoms with Gasteiger partial charge in [-0.05, 0) is 86.5 Å². The van der Waals surface area contributed by atoms with Crippen LogP contribution >= 0.6 is 0 Å². The molecule has 0 radical (unpaired) electrons. The number of pyridine rings is 1. The zero-order chi connectivity index (χ0) is 29.2. The number of aryl methyl sites for hydroxylation is 1. The number of hydrogen-bond donors (Lipinski definition) is 0. The van der Waals surface area contributed by atoms with E-state index in [4.69, 9.17) is 9.47 Å². The predicted octanol–water partition coefficient (Wildman–Crippen LogP) is 4.46. The molecule has 6 rings (SSSR count). The van der Waals surface area contributed by atoms with Crippen molar-refractivity contribution in [3.8, 4) is 17.0 Å². The van der Waals surface area contributed by atoms with E-state index in [0.717, 1.165) is 56.3 Å². The van der Waals surface area contributed by atoms with Crippen LogP contribution in [0.15, 0.2) is 48.5 Å². The second-order valence-corrected chi connectivity index (χ2v) is 11.7. The third-order valence-corrected chi connectivity index (χ3v) is 9.05. The Kier molecular flexibility index (Phi) is 8.40. The van der Waals surface area contributed by atoms with E-state index in [1.807, 2.05) is 24.0 Å². The number of nitrogens with zero attached hydrogens (tertiary/aromatic N) is 3. The van der Waals surface area contributed by atoms with Gasteiger partial charge < -0.3 is 24.3 Å². The first-order chi connectivity index (χ1) is 20.4. The minimum atomic E-state index is -1.03. The van der Waals surface area contributed by atoms with Crippen LogP contribution in [0.4, 0.5) is 14.6 Å². The first kappa shape index (κ1) is 28.6. The van der Waals surface area contributed by atoms with Gasteiger partial charge in [0.05, 0.1) is 24.9 Å². The first-order valence-corrected chi connectivity index (χ1v) is 14.8. The fourth-order valence-corrected chi connectivity index (χ4v) is 6.31. The molecule has 3 aliphatic rings. The summed E-state index contributed by atoms with van der Waals surface area (Å²) in [7, 11) is 0. The van der Waals surface area contributed by atoms with Crippen molar-refractivity contribution in [2.24, 2.45) is 5.92 Å². The van der Waals surface area contributed by atoms with Gasteiger partial charge in [0.2, 0.25) is 0 Å². The molecule has 42 heavy (non-hydrogen) atoms. The number of carbonyl (C=O) groups excluding carboxylic acids is 1. The molecule has 3 aromatic rings. The summed E-state index contributed by atoms with van der Waals surface area (Å²) in [6, 6.07) is 14.3. The second-order valence-electron chi connectivity index (χ2n) is 11.7. The fourth-order valence-electron chi connectivity index (χ4n) is 6.31. The molecule has 0 bridgehead atoms. The third-order valence-electron chi connectivity index (χ3n) is 9.05. The van der Waals surface area contributed by atoms with E-state index in [-0.39, 0.29) is 17.9 Å². The highest BCUT2D eigenvalue weighted by atomic mass is 19.1. The molecule has 0 N–H and O–H groups in total. The number of aromatic nitrogens is 1. The van der Waals surface area contributed by atoms with E-state index in [1.165, 1.54) is 11.6 Å². The average Bonchev–Trinajstić information content (AvgIpc) is 2.96. The number of halogens is 2. The van der Waals surface area contributed by atoms with E-state index >= 15 is 4.39 Å². The van der Waals surface area contributed by atoms with Crippen LogP contribution in [0, 0.1) is 24.5 Å². The van der Waals surface area contributed by atoms with Crippen LogP contribution in [0.5, 0.6) is 5.75 Å². The van der Waals surface area contributed by atoms with Crippen molar-refractivity contribution >= 4 is 11.8 Å². The monoisotopic (exact) mass is 576 g/mol. The van der Waals surface area contributed by atoms with E-state index < -0.39 is 23.5 Å². The Morgan fingerprint density at radius 1 is 1.02 bits per heavy atom. The number of benzene rings is 2. The number of ether oxygens (including phenoxy) is 2. The van der Waals surface area contributed by atoms with Crippen LogP contribution in [0.3, 0.4) is 0 Å². The number of piperidine rings is 2. The number of aliphatic carboxylic acids is 1. The van der Waals surface area contributed by atoms with Gasteiger partial charge in [-0.1, -0.05) is 24.3 Å². The summed E-state index contributed by atoms with van der Waals surface area (Å²) in [5.41, 5.74) is 3.95. The lowest BCUT2D eigenvalue weighted by atomic mass is 9.87. The van der Waals surface area contributed by atoms with Gasteiger partial charge in [0.1, 0.15) is 18.2 Å². The number of hydrogen-bond acceptors (Lipinski definition) is 7. The zero-order valence-electron chi connectivity index (χ0n) is 23.9. The highest BCUT2D eigenvalue weighted by molar-refractivity contribution is 5.70. The van der Waals surface area contributed by atoms with Gasteiger partial charge in [-0.25, -0.2) is 13.8 Å². The van der Waals surface area contributed by atoms with E-state index in [0.29, 0.717) is 49.4 Å². The van der Waals surface area contributed by atoms with Crippen molar-refractivity contribution in [2.75, 3.05) is 44.3 Å². The lowest BCUT2D eigenvalue weighted by Gasteiger charge is -2.41. The summed E-state index contributed by atoms with van der Waals surface area (Å²) in [5.74, 6) is -1.91. The molecule has 4 heterocycles. The maximum Gasteiger partial charge on any atom is 0.168 e. The topological polar surface area (TPSA) is 78.0 Å². The summed E-state index contributed by atoms with van der Waals surface area (Å²) in [4.78, 5) is 20.4. The number of rotatable bonds is 8. The molecule has 222 valence electrons. The van der Waals surface area contributed by atoms with Crippen molar-refractivity contribution in [3.63, 3.8) is 0 Å². The van der Waals surface area contributed by atoms with Gasteiger partial charge in [0.15, 0.2) is 11.6 Å². The molecular formula is C33H36F2N3O4-. The minimum Gasteiger partial charge on any atom is -0.550 e. The van der Waals surface area contributed by atoms with Crippen LogP contribution in [0.1, 0.15) is 48.3 Å². The molecule has 3 aliphatic heterocycles. The summed E-state index contributed by atoms with van der Waals surface area (Å²) in [5, 5.41) is 11.2.